The molecule has 0 aromatic carbocycles. The molecule has 0 unspecified atom stereocenters. The van der Waals surface area contributed by atoms with Gasteiger partial charge < -0.3 is 29.5 Å². The Bertz CT molecular complexity index is 266. The van der Waals surface area contributed by atoms with Gasteiger partial charge in [0.05, 0.1) is 0 Å². The van der Waals surface area contributed by atoms with Crippen molar-refractivity contribution in [3.8, 4) is 0 Å². The lowest BCUT2D eigenvalue weighted by Gasteiger charge is -2.25. The van der Waals surface area contributed by atoms with Crippen LogP contribution in [0, 0.1) is 0 Å². The lowest BCUT2D eigenvalue weighted by Crippen LogP contribution is -2.42. The SMILES string of the molecule is CC(COC(=O)O)(COC(=O)O)OC(=O)O. The van der Waals surface area contributed by atoms with Crippen LogP contribution in [0.2, 0.25) is 0 Å². The third kappa shape index (κ3) is 6.29. The van der Waals surface area contributed by atoms with Crippen LogP contribution in [0.15, 0.2) is 0 Å². The molecular weight excluding hydrogens is 228 g/mol. The molecule has 0 saturated carbocycles. The standard InChI is InChI=1S/C7H10O9/c1-7(16-6(12)13,2-14-4(8)9)3-15-5(10)11/h2-3H2,1H3,(H,8,9)(H,10,11)(H,12,13). The van der Waals surface area contributed by atoms with Crippen LogP contribution in [-0.4, -0.2) is 52.6 Å². The summed E-state index contributed by atoms with van der Waals surface area (Å²) in [6, 6.07) is 0. The normalized spacial score (nSPS) is 10.3. The highest BCUT2D eigenvalue weighted by atomic mass is 16.7. The zero-order valence-electron chi connectivity index (χ0n) is 8.21. The van der Waals surface area contributed by atoms with E-state index in [1.54, 1.807) is 0 Å². The van der Waals surface area contributed by atoms with Crippen LogP contribution in [-0.2, 0) is 14.2 Å². The molecule has 0 rings (SSSR count). The lowest BCUT2D eigenvalue weighted by atomic mass is 10.1. The van der Waals surface area contributed by atoms with Gasteiger partial charge in [-0.15, -0.1) is 0 Å². The minimum absolute atomic E-state index is 0.679. The van der Waals surface area contributed by atoms with Gasteiger partial charge in [0.25, 0.3) is 0 Å². The minimum Gasteiger partial charge on any atom is -0.450 e. The fourth-order valence-electron chi connectivity index (χ4n) is 0.740. The summed E-state index contributed by atoms with van der Waals surface area (Å²) in [6.45, 7) is -0.225. The number of ether oxygens (including phenoxy) is 3. The van der Waals surface area contributed by atoms with Crippen molar-refractivity contribution in [2.75, 3.05) is 13.2 Å². The lowest BCUT2D eigenvalue weighted by molar-refractivity contribution is -0.0843. The summed E-state index contributed by atoms with van der Waals surface area (Å²) in [4.78, 5) is 30.5. The second-order valence-electron chi connectivity index (χ2n) is 2.93. The van der Waals surface area contributed by atoms with Crippen molar-refractivity contribution >= 4 is 18.5 Å². The summed E-state index contributed by atoms with van der Waals surface area (Å²) in [7, 11) is 0. The first-order chi connectivity index (χ1) is 7.25. The fraction of sp³-hybridized carbons (Fsp3) is 0.571. The zero-order valence-corrected chi connectivity index (χ0v) is 8.21. The Labute approximate surface area is 89.1 Å². The molecule has 0 atom stereocenters. The predicted octanol–water partition coefficient (Wildman–Crippen LogP) is 0.829. The molecule has 0 aromatic rings. The van der Waals surface area contributed by atoms with E-state index < -0.39 is 37.3 Å². The van der Waals surface area contributed by atoms with Gasteiger partial charge in [-0.1, -0.05) is 0 Å². The van der Waals surface area contributed by atoms with E-state index in [0.717, 1.165) is 6.92 Å². The van der Waals surface area contributed by atoms with Crippen molar-refractivity contribution in [3.63, 3.8) is 0 Å². The highest BCUT2D eigenvalue weighted by molar-refractivity contribution is 5.59. The first-order valence-electron chi connectivity index (χ1n) is 3.88. The molecule has 0 radical (unpaired) electrons. The summed E-state index contributed by atoms with van der Waals surface area (Å²) in [5, 5.41) is 24.8. The maximum Gasteiger partial charge on any atom is 0.506 e. The van der Waals surface area contributed by atoms with E-state index in [1.165, 1.54) is 0 Å². The third-order valence-corrected chi connectivity index (χ3v) is 1.34. The maximum absolute atomic E-state index is 10.3. The van der Waals surface area contributed by atoms with Crippen molar-refractivity contribution in [1.82, 2.24) is 0 Å². The first kappa shape index (κ1) is 13.8. The highest BCUT2D eigenvalue weighted by Gasteiger charge is 2.33. The summed E-state index contributed by atoms with van der Waals surface area (Å²) < 4.78 is 12.5. The summed E-state index contributed by atoms with van der Waals surface area (Å²) in [6.07, 6.45) is -4.99. The van der Waals surface area contributed by atoms with Crippen molar-refractivity contribution in [2.45, 2.75) is 12.5 Å². The Morgan fingerprint density at radius 1 is 0.938 bits per heavy atom. The topological polar surface area (TPSA) is 140 Å². The van der Waals surface area contributed by atoms with Gasteiger partial charge in [-0.05, 0) is 6.92 Å². The van der Waals surface area contributed by atoms with Gasteiger partial charge >= 0.3 is 18.5 Å². The molecular formula is C7H10O9. The molecule has 0 aliphatic rings. The smallest absolute Gasteiger partial charge is 0.450 e. The maximum atomic E-state index is 10.3. The fourth-order valence-corrected chi connectivity index (χ4v) is 0.740. The molecule has 0 saturated heterocycles. The average molecular weight is 238 g/mol. The molecule has 0 bridgehead atoms. The quantitative estimate of drug-likeness (QED) is 0.469. The molecule has 9 nitrogen and oxygen atoms in total. The molecule has 9 heteroatoms. The van der Waals surface area contributed by atoms with Gasteiger partial charge in [0.2, 0.25) is 0 Å². The van der Waals surface area contributed by atoms with Gasteiger partial charge in [0.15, 0.2) is 5.60 Å². The molecule has 16 heavy (non-hydrogen) atoms. The van der Waals surface area contributed by atoms with Crippen LogP contribution in [0.1, 0.15) is 6.92 Å². The summed E-state index contributed by atoms with van der Waals surface area (Å²) in [5.74, 6) is 0. The molecule has 0 fully saturated rings. The van der Waals surface area contributed by atoms with Gasteiger partial charge in [-0.25, -0.2) is 14.4 Å². The molecule has 3 N–H and O–H groups in total. The Morgan fingerprint density at radius 2 is 1.31 bits per heavy atom. The van der Waals surface area contributed by atoms with Gasteiger partial charge in [0, 0.05) is 0 Å². The van der Waals surface area contributed by atoms with Crippen molar-refractivity contribution < 1.29 is 43.9 Å². The van der Waals surface area contributed by atoms with Crippen molar-refractivity contribution in [3.05, 3.63) is 0 Å². The average Bonchev–Trinajstić information content (AvgIpc) is 2.11. The van der Waals surface area contributed by atoms with Gasteiger partial charge in [0.1, 0.15) is 13.2 Å². The largest absolute Gasteiger partial charge is 0.506 e. The van der Waals surface area contributed by atoms with Crippen LogP contribution in [0.5, 0.6) is 0 Å². The molecule has 0 heterocycles. The number of hydrogen-bond acceptors (Lipinski definition) is 6. The number of carbonyl (C=O) groups is 3. The van der Waals surface area contributed by atoms with E-state index in [1.807, 2.05) is 0 Å². The molecule has 0 aliphatic carbocycles. The molecule has 92 valence electrons. The van der Waals surface area contributed by atoms with Crippen molar-refractivity contribution in [1.29, 1.82) is 0 Å². The molecule has 0 aromatic heterocycles. The van der Waals surface area contributed by atoms with E-state index in [-0.39, 0.29) is 0 Å². The second kappa shape index (κ2) is 5.63. The highest BCUT2D eigenvalue weighted by Crippen LogP contribution is 2.12. The van der Waals surface area contributed by atoms with Gasteiger partial charge in [-0.3, -0.25) is 0 Å². The van der Waals surface area contributed by atoms with E-state index in [4.69, 9.17) is 15.3 Å². The predicted molar refractivity (Wildman–Crippen MR) is 45.5 cm³/mol. The second-order valence-corrected chi connectivity index (χ2v) is 2.93. The number of rotatable bonds is 5. The first-order valence-corrected chi connectivity index (χ1v) is 3.88. The third-order valence-electron chi connectivity index (χ3n) is 1.34. The minimum atomic E-state index is -1.72. The Balaban J connectivity index is 4.40. The Hall–Kier alpha value is -2.19. The van der Waals surface area contributed by atoms with E-state index in [2.05, 4.69) is 14.2 Å². The Morgan fingerprint density at radius 3 is 1.56 bits per heavy atom. The van der Waals surface area contributed by atoms with Crippen LogP contribution in [0.3, 0.4) is 0 Å². The molecule has 0 amide bonds. The Kier molecular flexibility index (Phi) is 4.86. The monoisotopic (exact) mass is 238 g/mol. The van der Waals surface area contributed by atoms with Crippen LogP contribution < -0.4 is 0 Å². The van der Waals surface area contributed by atoms with Gasteiger partial charge in [-0.2, -0.15) is 0 Å². The van der Waals surface area contributed by atoms with E-state index in [9.17, 15) is 14.4 Å². The molecule has 0 spiro atoms. The van der Waals surface area contributed by atoms with E-state index in [0.29, 0.717) is 0 Å². The van der Waals surface area contributed by atoms with Crippen molar-refractivity contribution in [2.24, 2.45) is 0 Å². The zero-order chi connectivity index (χ0) is 12.8. The summed E-state index contributed by atoms with van der Waals surface area (Å²) >= 11 is 0. The number of carboxylic acid groups (broad SMARTS) is 3. The van der Waals surface area contributed by atoms with E-state index >= 15 is 0 Å². The van der Waals surface area contributed by atoms with Crippen LogP contribution in [0.25, 0.3) is 0 Å². The van der Waals surface area contributed by atoms with Crippen LogP contribution in [0.4, 0.5) is 14.4 Å². The summed E-state index contributed by atoms with van der Waals surface area (Å²) in [5.41, 5.74) is -1.72. The molecule has 0 aliphatic heterocycles. The van der Waals surface area contributed by atoms with Crippen LogP contribution >= 0.6 is 0 Å². The number of hydrogen-bond donors (Lipinski definition) is 3.